The predicted octanol–water partition coefficient (Wildman–Crippen LogP) is 1.92. The average molecular weight is 213 g/mol. The fourth-order valence-corrected chi connectivity index (χ4v) is 2.12. The highest BCUT2D eigenvalue weighted by Crippen LogP contribution is 2.23. The lowest BCUT2D eigenvalue weighted by molar-refractivity contribution is -0.152. The molecule has 0 aromatic heterocycles. The topological polar surface area (TPSA) is 29.5 Å². The van der Waals surface area contributed by atoms with Crippen LogP contribution < -0.4 is 0 Å². The van der Waals surface area contributed by atoms with Gasteiger partial charge in [0, 0.05) is 6.54 Å². The van der Waals surface area contributed by atoms with Crippen LogP contribution in [0.2, 0.25) is 0 Å². The number of ether oxygens (including phenoxy) is 1. The van der Waals surface area contributed by atoms with Crippen molar-refractivity contribution in [2.24, 2.45) is 11.3 Å². The molecule has 0 amide bonds. The maximum absolute atomic E-state index is 11.5. The van der Waals surface area contributed by atoms with E-state index in [4.69, 9.17) is 4.74 Å². The molecule has 1 saturated heterocycles. The molecule has 0 bridgehead atoms. The number of carbonyl (C=O) groups excluding carboxylic acids is 1. The molecule has 0 saturated carbocycles. The minimum absolute atomic E-state index is 0.110. The summed E-state index contributed by atoms with van der Waals surface area (Å²) in [6, 6.07) is 0. The van der Waals surface area contributed by atoms with Crippen molar-refractivity contribution in [3.8, 4) is 0 Å². The van der Waals surface area contributed by atoms with Gasteiger partial charge in [-0.05, 0) is 45.7 Å². The molecule has 0 aliphatic carbocycles. The molecule has 88 valence electrons. The number of nitrogens with zero attached hydrogens (tertiary/aromatic N) is 1. The summed E-state index contributed by atoms with van der Waals surface area (Å²) in [5, 5.41) is 0. The number of likely N-dealkylation sites (tertiary alicyclic amines) is 1. The zero-order chi connectivity index (χ0) is 11.5. The molecule has 1 rings (SSSR count). The van der Waals surface area contributed by atoms with Gasteiger partial charge in [0.2, 0.25) is 0 Å². The first kappa shape index (κ1) is 12.5. The lowest BCUT2D eigenvalue weighted by Gasteiger charge is -2.35. The molecule has 0 N–H and O–H groups in total. The number of piperidine rings is 1. The summed E-state index contributed by atoms with van der Waals surface area (Å²) in [6.45, 7) is 9.24. The third-order valence-electron chi connectivity index (χ3n) is 3.23. The largest absolute Gasteiger partial charge is 0.469 e. The Bertz CT molecular complexity index is 218. The van der Waals surface area contributed by atoms with Crippen molar-refractivity contribution in [3.63, 3.8) is 0 Å². The first-order chi connectivity index (χ1) is 6.95. The molecular formula is C12H23NO2. The fourth-order valence-electron chi connectivity index (χ4n) is 2.12. The highest BCUT2D eigenvalue weighted by Gasteiger charge is 2.31. The van der Waals surface area contributed by atoms with Crippen LogP contribution in [0, 0.1) is 11.3 Å². The first-order valence-electron chi connectivity index (χ1n) is 5.76. The second-order valence-corrected chi connectivity index (χ2v) is 5.33. The Kier molecular flexibility index (Phi) is 4.14. The molecule has 15 heavy (non-hydrogen) atoms. The van der Waals surface area contributed by atoms with E-state index >= 15 is 0 Å². The number of hydrogen-bond acceptors (Lipinski definition) is 3. The summed E-state index contributed by atoms with van der Waals surface area (Å²) in [5.41, 5.74) is -0.380. The van der Waals surface area contributed by atoms with Crippen molar-refractivity contribution < 1.29 is 9.53 Å². The summed E-state index contributed by atoms with van der Waals surface area (Å²) in [4.78, 5) is 13.9. The maximum Gasteiger partial charge on any atom is 0.312 e. The van der Waals surface area contributed by atoms with E-state index in [2.05, 4.69) is 11.8 Å². The number of rotatable bonds is 3. The van der Waals surface area contributed by atoms with E-state index < -0.39 is 0 Å². The van der Waals surface area contributed by atoms with Gasteiger partial charge in [0.05, 0.1) is 12.5 Å². The summed E-state index contributed by atoms with van der Waals surface area (Å²) >= 11 is 0. The first-order valence-corrected chi connectivity index (χ1v) is 5.76. The Morgan fingerprint density at radius 1 is 1.40 bits per heavy atom. The monoisotopic (exact) mass is 213 g/mol. The van der Waals surface area contributed by atoms with Crippen molar-refractivity contribution in [1.82, 2.24) is 4.90 Å². The zero-order valence-electron chi connectivity index (χ0n) is 10.4. The third kappa shape index (κ3) is 3.49. The molecule has 0 atom stereocenters. The predicted molar refractivity (Wildman–Crippen MR) is 60.6 cm³/mol. The van der Waals surface area contributed by atoms with Gasteiger partial charge in [-0.2, -0.15) is 0 Å². The highest BCUT2D eigenvalue weighted by molar-refractivity contribution is 5.76. The molecule has 0 aromatic carbocycles. The van der Waals surface area contributed by atoms with Crippen LogP contribution in [-0.4, -0.2) is 37.6 Å². The second-order valence-electron chi connectivity index (χ2n) is 5.33. The van der Waals surface area contributed by atoms with Crippen LogP contribution in [0.15, 0.2) is 0 Å². The van der Waals surface area contributed by atoms with Crippen molar-refractivity contribution in [2.45, 2.75) is 33.6 Å². The van der Waals surface area contributed by atoms with E-state index in [0.717, 1.165) is 25.6 Å². The second kappa shape index (κ2) is 4.97. The van der Waals surface area contributed by atoms with Crippen LogP contribution in [0.1, 0.15) is 33.6 Å². The molecule has 1 aliphatic rings. The summed E-state index contributed by atoms with van der Waals surface area (Å²) in [6.07, 6.45) is 2.49. The van der Waals surface area contributed by atoms with Gasteiger partial charge in [-0.15, -0.1) is 0 Å². The van der Waals surface area contributed by atoms with Crippen LogP contribution in [0.25, 0.3) is 0 Å². The SMILES string of the molecule is COC(=O)C(C)(C)CN1CCC(C)CC1. The Labute approximate surface area is 92.8 Å². The van der Waals surface area contributed by atoms with E-state index in [1.165, 1.54) is 20.0 Å². The van der Waals surface area contributed by atoms with Crippen LogP contribution in [0.4, 0.5) is 0 Å². The van der Waals surface area contributed by atoms with Crippen molar-refractivity contribution >= 4 is 5.97 Å². The van der Waals surface area contributed by atoms with Crippen LogP contribution in [0.5, 0.6) is 0 Å². The van der Waals surface area contributed by atoms with Gasteiger partial charge in [-0.25, -0.2) is 0 Å². The number of esters is 1. The zero-order valence-corrected chi connectivity index (χ0v) is 10.4. The standard InChI is InChI=1S/C12H23NO2/c1-10-5-7-13(8-6-10)9-12(2,3)11(14)15-4/h10H,5-9H2,1-4H3. The third-order valence-corrected chi connectivity index (χ3v) is 3.23. The molecule has 3 heteroatoms. The Morgan fingerprint density at radius 2 is 1.93 bits per heavy atom. The number of hydrogen-bond donors (Lipinski definition) is 0. The average Bonchev–Trinajstić information content (AvgIpc) is 2.20. The minimum atomic E-state index is -0.380. The molecule has 0 spiro atoms. The van der Waals surface area contributed by atoms with Gasteiger partial charge in [0.15, 0.2) is 0 Å². The van der Waals surface area contributed by atoms with Crippen LogP contribution >= 0.6 is 0 Å². The van der Waals surface area contributed by atoms with Gasteiger partial charge in [-0.1, -0.05) is 6.92 Å². The van der Waals surface area contributed by atoms with E-state index in [1.807, 2.05) is 13.8 Å². The minimum Gasteiger partial charge on any atom is -0.469 e. The van der Waals surface area contributed by atoms with Crippen LogP contribution in [-0.2, 0) is 9.53 Å². The molecule has 1 aliphatic heterocycles. The van der Waals surface area contributed by atoms with E-state index in [0.29, 0.717) is 0 Å². The van der Waals surface area contributed by atoms with Crippen LogP contribution in [0.3, 0.4) is 0 Å². The Hall–Kier alpha value is -0.570. The number of methoxy groups -OCH3 is 1. The van der Waals surface area contributed by atoms with Gasteiger partial charge < -0.3 is 9.64 Å². The molecular weight excluding hydrogens is 190 g/mol. The van der Waals surface area contributed by atoms with Gasteiger partial charge in [0.1, 0.15) is 0 Å². The molecule has 1 fully saturated rings. The lowest BCUT2D eigenvalue weighted by Crippen LogP contribution is -2.43. The van der Waals surface area contributed by atoms with Gasteiger partial charge in [-0.3, -0.25) is 4.79 Å². The Balaban J connectivity index is 2.43. The summed E-state index contributed by atoms with van der Waals surface area (Å²) in [5.74, 6) is 0.726. The Morgan fingerprint density at radius 3 is 2.40 bits per heavy atom. The van der Waals surface area contributed by atoms with Gasteiger partial charge >= 0.3 is 5.97 Å². The van der Waals surface area contributed by atoms with E-state index in [1.54, 1.807) is 0 Å². The van der Waals surface area contributed by atoms with Crippen molar-refractivity contribution in [1.29, 1.82) is 0 Å². The fraction of sp³-hybridized carbons (Fsp3) is 0.917. The van der Waals surface area contributed by atoms with E-state index in [-0.39, 0.29) is 11.4 Å². The molecule has 0 radical (unpaired) electrons. The molecule has 3 nitrogen and oxygen atoms in total. The van der Waals surface area contributed by atoms with E-state index in [9.17, 15) is 4.79 Å². The normalized spacial score (nSPS) is 20.3. The van der Waals surface area contributed by atoms with Crippen molar-refractivity contribution in [3.05, 3.63) is 0 Å². The van der Waals surface area contributed by atoms with Crippen molar-refractivity contribution in [2.75, 3.05) is 26.7 Å². The quantitative estimate of drug-likeness (QED) is 0.671. The lowest BCUT2D eigenvalue weighted by atomic mass is 9.90. The molecule has 1 heterocycles. The number of carbonyl (C=O) groups is 1. The smallest absolute Gasteiger partial charge is 0.312 e. The van der Waals surface area contributed by atoms with Gasteiger partial charge in [0.25, 0.3) is 0 Å². The summed E-state index contributed by atoms with van der Waals surface area (Å²) < 4.78 is 4.81. The molecule has 0 aromatic rings. The highest BCUT2D eigenvalue weighted by atomic mass is 16.5. The maximum atomic E-state index is 11.5. The molecule has 0 unspecified atom stereocenters. The summed E-state index contributed by atoms with van der Waals surface area (Å²) in [7, 11) is 1.46.